The van der Waals surface area contributed by atoms with Gasteiger partial charge in [0.25, 0.3) is 0 Å². The fourth-order valence-corrected chi connectivity index (χ4v) is 2.17. The van der Waals surface area contributed by atoms with Crippen LogP contribution >= 0.6 is 0 Å². The van der Waals surface area contributed by atoms with Gasteiger partial charge in [0.05, 0.1) is 0 Å². The molecule has 0 radical (unpaired) electrons. The Morgan fingerprint density at radius 3 is 2.60 bits per heavy atom. The van der Waals surface area contributed by atoms with Crippen LogP contribution in [-0.4, -0.2) is 34.0 Å². The quantitative estimate of drug-likeness (QED) is 0.481. The van der Waals surface area contributed by atoms with Crippen molar-refractivity contribution in [2.75, 3.05) is 0 Å². The van der Waals surface area contributed by atoms with Crippen LogP contribution < -0.4 is 10.6 Å². The maximum Gasteiger partial charge on any atom is 0.303 e. The summed E-state index contributed by atoms with van der Waals surface area (Å²) in [5, 5.41) is 23.0. The van der Waals surface area contributed by atoms with Gasteiger partial charge in [-0.05, 0) is 25.2 Å². The van der Waals surface area contributed by atoms with Crippen molar-refractivity contribution in [3.63, 3.8) is 0 Å². The van der Waals surface area contributed by atoms with E-state index in [1.807, 2.05) is 0 Å². The normalized spacial score (nSPS) is 35.3. The van der Waals surface area contributed by atoms with Crippen LogP contribution in [0.5, 0.6) is 0 Å². The standard InChI is InChI=1S/C9H14N2O4/c12-6(13)3-4-9(5-1-2-5)7(14)10-8(15)11-9/h5,8,11,15H,1-4H2,(H,10,14)(H,12,13)/t8?,9-/m0/s1. The van der Waals surface area contributed by atoms with Crippen LogP contribution in [0.2, 0.25) is 0 Å². The highest BCUT2D eigenvalue weighted by Crippen LogP contribution is 2.43. The van der Waals surface area contributed by atoms with Crippen LogP contribution in [-0.2, 0) is 9.59 Å². The van der Waals surface area contributed by atoms with Crippen molar-refractivity contribution in [3.8, 4) is 0 Å². The fraction of sp³-hybridized carbons (Fsp3) is 0.778. The van der Waals surface area contributed by atoms with Gasteiger partial charge in [-0.2, -0.15) is 0 Å². The summed E-state index contributed by atoms with van der Waals surface area (Å²) < 4.78 is 0. The van der Waals surface area contributed by atoms with Gasteiger partial charge >= 0.3 is 5.97 Å². The Labute approximate surface area is 86.7 Å². The number of amides is 1. The van der Waals surface area contributed by atoms with E-state index in [2.05, 4.69) is 10.6 Å². The van der Waals surface area contributed by atoms with E-state index in [9.17, 15) is 14.7 Å². The summed E-state index contributed by atoms with van der Waals surface area (Å²) in [5.74, 6) is -1.04. The molecule has 0 aromatic heterocycles. The van der Waals surface area contributed by atoms with Crippen molar-refractivity contribution in [1.29, 1.82) is 0 Å². The molecule has 84 valence electrons. The summed E-state index contributed by atoms with van der Waals surface area (Å²) in [6.07, 6.45) is 0.936. The summed E-state index contributed by atoms with van der Waals surface area (Å²) in [6, 6.07) is 0. The van der Waals surface area contributed by atoms with E-state index in [1.54, 1.807) is 0 Å². The zero-order valence-corrected chi connectivity index (χ0v) is 8.19. The Morgan fingerprint density at radius 2 is 2.20 bits per heavy atom. The van der Waals surface area contributed by atoms with Crippen LogP contribution in [0.3, 0.4) is 0 Å². The van der Waals surface area contributed by atoms with E-state index in [0.29, 0.717) is 0 Å². The molecule has 1 aliphatic carbocycles. The summed E-state index contributed by atoms with van der Waals surface area (Å²) in [6.45, 7) is 0. The van der Waals surface area contributed by atoms with Gasteiger partial charge in [-0.15, -0.1) is 0 Å². The Bertz CT molecular complexity index is 302. The van der Waals surface area contributed by atoms with Crippen LogP contribution in [0.1, 0.15) is 25.7 Å². The molecule has 0 aromatic rings. The molecule has 6 heteroatoms. The van der Waals surface area contributed by atoms with Crippen molar-refractivity contribution < 1.29 is 19.8 Å². The van der Waals surface area contributed by atoms with Crippen molar-refractivity contribution in [2.24, 2.45) is 5.92 Å². The monoisotopic (exact) mass is 214 g/mol. The van der Waals surface area contributed by atoms with E-state index in [1.165, 1.54) is 0 Å². The third kappa shape index (κ3) is 1.82. The predicted octanol–water partition coefficient (Wildman–Crippen LogP) is -1.00. The molecule has 4 N–H and O–H groups in total. The van der Waals surface area contributed by atoms with Gasteiger partial charge in [-0.1, -0.05) is 0 Å². The lowest BCUT2D eigenvalue weighted by Crippen LogP contribution is -2.50. The molecule has 0 aromatic carbocycles. The lowest BCUT2D eigenvalue weighted by molar-refractivity contribution is -0.137. The molecule has 1 unspecified atom stereocenters. The summed E-state index contributed by atoms with van der Waals surface area (Å²) in [4.78, 5) is 22.2. The highest BCUT2D eigenvalue weighted by molar-refractivity contribution is 5.89. The number of carboxylic acids is 1. The highest BCUT2D eigenvalue weighted by Gasteiger charge is 2.55. The molecule has 15 heavy (non-hydrogen) atoms. The Kier molecular flexibility index (Phi) is 2.40. The number of carboxylic acid groups (broad SMARTS) is 1. The van der Waals surface area contributed by atoms with Gasteiger partial charge in [0.1, 0.15) is 5.54 Å². The number of rotatable bonds is 4. The highest BCUT2D eigenvalue weighted by atomic mass is 16.4. The minimum Gasteiger partial charge on any atom is -0.481 e. The van der Waals surface area contributed by atoms with Crippen molar-refractivity contribution in [3.05, 3.63) is 0 Å². The first-order valence-corrected chi connectivity index (χ1v) is 5.03. The second kappa shape index (κ2) is 3.46. The minimum absolute atomic E-state index is 0.0658. The zero-order chi connectivity index (χ0) is 11.1. The summed E-state index contributed by atoms with van der Waals surface area (Å²) >= 11 is 0. The number of carbonyl (C=O) groups excluding carboxylic acids is 1. The lowest BCUT2D eigenvalue weighted by Gasteiger charge is -2.25. The molecule has 6 nitrogen and oxygen atoms in total. The average molecular weight is 214 g/mol. The number of aliphatic hydroxyl groups excluding tert-OH is 1. The summed E-state index contributed by atoms with van der Waals surface area (Å²) in [5.41, 5.74) is -0.863. The predicted molar refractivity (Wildman–Crippen MR) is 49.6 cm³/mol. The largest absolute Gasteiger partial charge is 0.481 e. The first kappa shape index (κ1) is 10.4. The molecule has 1 amide bonds. The molecule has 2 fully saturated rings. The third-order valence-corrected chi connectivity index (χ3v) is 3.07. The number of aliphatic hydroxyl groups is 1. The Hall–Kier alpha value is -1.14. The molecular weight excluding hydrogens is 200 g/mol. The maximum absolute atomic E-state index is 11.7. The first-order chi connectivity index (χ1) is 7.04. The molecule has 0 spiro atoms. The molecule has 1 saturated heterocycles. The molecule has 0 bridgehead atoms. The molecule has 2 rings (SSSR count). The third-order valence-electron chi connectivity index (χ3n) is 3.07. The van der Waals surface area contributed by atoms with Gasteiger partial charge in [-0.3, -0.25) is 14.9 Å². The van der Waals surface area contributed by atoms with E-state index in [0.717, 1.165) is 12.8 Å². The number of hydrogen-bond donors (Lipinski definition) is 4. The maximum atomic E-state index is 11.7. The van der Waals surface area contributed by atoms with Gasteiger partial charge in [0.15, 0.2) is 6.35 Å². The van der Waals surface area contributed by atoms with Crippen LogP contribution in [0, 0.1) is 5.92 Å². The van der Waals surface area contributed by atoms with E-state index >= 15 is 0 Å². The van der Waals surface area contributed by atoms with E-state index in [-0.39, 0.29) is 24.7 Å². The lowest BCUT2D eigenvalue weighted by atomic mass is 9.88. The van der Waals surface area contributed by atoms with Crippen molar-refractivity contribution >= 4 is 11.9 Å². The van der Waals surface area contributed by atoms with Crippen LogP contribution in [0.4, 0.5) is 0 Å². The van der Waals surface area contributed by atoms with Gasteiger partial charge in [0, 0.05) is 6.42 Å². The molecular formula is C9H14N2O4. The van der Waals surface area contributed by atoms with Crippen LogP contribution in [0.25, 0.3) is 0 Å². The molecule has 1 saturated carbocycles. The second-order valence-corrected chi connectivity index (χ2v) is 4.16. The summed E-state index contributed by atoms with van der Waals surface area (Å²) in [7, 11) is 0. The molecule has 1 aliphatic heterocycles. The molecule has 2 aliphatic rings. The zero-order valence-electron chi connectivity index (χ0n) is 8.19. The van der Waals surface area contributed by atoms with Crippen molar-refractivity contribution in [2.45, 2.75) is 37.6 Å². The average Bonchev–Trinajstić information content (AvgIpc) is 2.91. The van der Waals surface area contributed by atoms with Gasteiger partial charge in [0.2, 0.25) is 5.91 Å². The van der Waals surface area contributed by atoms with E-state index in [4.69, 9.17) is 5.11 Å². The number of hydrogen-bond acceptors (Lipinski definition) is 4. The smallest absolute Gasteiger partial charge is 0.303 e. The SMILES string of the molecule is O=C(O)CC[C@@]1(C2CC2)NC(O)NC1=O. The Morgan fingerprint density at radius 1 is 1.53 bits per heavy atom. The topological polar surface area (TPSA) is 98.7 Å². The van der Waals surface area contributed by atoms with Gasteiger partial charge in [-0.25, -0.2) is 0 Å². The number of nitrogens with one attached hydrogen (secondary N) is 2. The fourth-order valence-electron chi connectivity index (χ4n) is 2.17. The minimum atomic E-state index is -1.05. The Balaban J connectivity index is 2.10. The van der Waals surface area contributed by atoms with Crippen molar-refractivity contribution in [1.82, 2.24) is 10.6 Å². The van der Waals surface area contributed by atoms with E-state index < -0.39 is 17.9 Å². The number of carbonyl (C=O) groups is 2. The number of aliphatic carboxylic acids is 1. The second-order valence-electron chi connectivity index (χ2n) is 4.16. The van der Waals surface area contributed by atoms with Gasteiger partial charge < -0.3 is 15.5 Å². The van der Waals surface area contributed by atoms with Crippen LogP contribution in [0.15, 0.2) is 0 Å². The molecule has 1 heterocycles. The molecule has 2 atom stereocenters. The first-order valence-electron chi connectivity index (χ1n) is 5.03.